The number of ether oxygens (including phenoxy) is 1. The highest BCUT2D eigenvalue weighted by Gasteiger charge is 2.15. The van der Waals surface area contributed by atoms with Crippen molar-refractivity contribution < 1.29 is 14.6 Å². The van der Waals surface area contributed by atoms with Crippen LogP contribution in [0.3, 0.4) is 0 Å². The highest BCUT2D eigenvalue weighted by atomic mass is 35.5. The van der Waals surface area contributed by atoms with Crippen molar-refractivity contribution in [2.45, 2.75) is 6.92 Å². The number of carboxylic acids is 1. The Hall–Kier alpha value is -1.97. The third kappa shape index (κ3) is 3.81. The molecule has 0 fully saturated rings. The first kappa shape index (κ1) is 16.4. The fourth-order valence-electron chi connectivity index (χ4n) is 2.03. The summed E-state index contributed by atoms with van der Waals surface area (Å²) in [5.74, 6) is -0.652. The summed E-state index contributed by atoms with van der Waals surface area (Å²) in [5, 5.41) is 10.2. The Bertz CT molecular complexity index is 689. The number of rotatable bonds is 5. The SMILES string of the molecule is CC(COc1c(Cl)cccc1Cl)=C(C(=O)O)c1ccccc1. The van der Waals surface area contributed by atoms with E-state index in [2.05, 4.69) is 0 Å². The van der Waals surface area contributed by atoms with Gasteiger partial charge in [-0.1, -0.05) is 59.6 Å². The molecule has 5 heteroatoms. The van der Waals surface area contributed by atoms with Crippen molar-refractivity contribution in [2.75, 3.05) is 6.61 Å². The van der Waals surface area contributed by atoms with Crippen LogP contribution in [0.1, 0.15) is 12.5 Å². The van der Waals surface area contributed by atoms with Crippen molar-refractivity contribution in [1.29, 1.82) is 0 Å². The number of hydrogen-bond donors (Lipinski definition) is 1. The van der Waals surface area contributed by atoms with Gasteiger partial charge >= 0.3 is 5.97 Å². The van der Waals surface area contributed by atoms with Crippen LogP contribution >= 0.6 is 23.2 Å². The van der Waals surface area contributed by atoms with E-state index in [0.717, 1.165) is 0 Å². The number of carboxylic acid groups (broad SMARTS) is 1. The van der Waals surface area contributed by atoms with E-state index in [0.29, 0.717) is 26.9 Å². The van der Waals surface area contributed by atoms with Crippen LogP contribution in [0, 0.1) is 0 Å². The van der Waals surface area contributed by atoms with E-state index in [1.54, 1.807) is 49.4 Å². The summed E-state index contributed by atoms with van der Waals surface area (Å²) in [7, 11) is 0. The maximum absolute atomic E-state index is 11.5. The molecule has 0 aromatic heterocycles. The van der Waals surface area contributed by atoms with Crippen molar-refractivity contribution in [1.82, 2.24) is 0 Å². The molecule has 114 valence electrons. The van der Waals surface area contributed by atoms with Crippen LogP contribution in [0.2, 0.25) is 10.0 Å². The minimum absolute atomic E-state index is 0.0833. The van der Waals surface area contributed by atoms with Gasteiger partial charge in [0.15, 0.2) is 5.75 Å². The lowest BCUT2D eigenvalue weighted by molar-refractivity contribution is -0.130. The van der Waals surface area contributed by atoms with Gasteiger partial charge in [-0.15, -0.1) is 0 Å². The molecule has 0 saturated heterocycles. The first-order chi connectivity index (χ1) is 10.5. The maximum Gasteiger partial charge on any atom is 0.336 e. The van der Waals surface area contributed by atoms with Gasteiger partial charge in [-0.25, -0.2) is 4.79 Å². The van der Waals surface area contributed by atoms with Gasteiger partial charge in [0.1, 0.15) is 6.61 Å². The predicted octanol–water partition coefficient (Wildman–Crippen LogP) is 4.93. The molecule has 2 aromatic carbocycles. The second-order valence-corrected chi connectivity index (χ2v) is 5.48. The first-order valence-corrected chi connectivity index (χ1v) is 7.31. The zero-order chi connectivity index (χ0) is 16.1. The molecular formula is C17H14Cl2O3. The van der Waals surface area contributed by atoms with E-state index < -0.39 is 5.97 Å². The molecule has 0 aliphatic rings. The molecule has 0 amide bonds. The number of halogens is 2. The van der Waals surface area contributed by atoms with Gasteiger partial charge in [0.05, 0.1) is 15.6 Å². The molecule has 0 atom stereocenters. The molecule has 0 radical (unpaired) electrons. The molecule has 2 rings (SSSR count). The summed E-state index contributed by atoms with van der Waals surface area (Å²) in [6, 6.07) is 13.9. The van der Waals surface area contributed by atoms with Crippen molar-refractivity contribution in [3.05, 3.63) is 69.7 Å². The molecule has 0 aliphatic carbocycles. The number of aliphatic carboxylic acids is 1. The lowest BCUT2D eigenvalue weighted by Gasteiger charge is -2.12. The molecule has 0 aliphatic heterocycles. The zero-order valence-electron chi connectivity index (χ0n) is 11.8. The lowest BCUT2D eigenvalue weighted by atomic mass is 10.0. The minimum atomic E-state index is -1.00. The molecule has 0 saturated carbocycles. The largest absolute Gasteiger partial charge is 0.486 e. The van der Waals surface area contributed by atoms with E-state index in [1.165, 1.54) is 0 Å². The molecule has 0 spiro atoms. The standard InChI is InChI=1S/C17H14Cl2O3/c1-11(10-22-16-13(18)8-5-9-14(16)19)15(17(20)21)12-6-3-2-4-7-12/h2-9H,10H2,1H3,(H,20,21). The van der Waals surface area contributed by atoms with Gasteiger partial charge in [0, 0.05) is 0 Å². The minimum Gasteiger partial charge on any atom is -0.486 e. The van der Waals surface area contributed by atoms with Gasteiger partial charge in [0.2, 0.25) is 0 Å². The maximum atomic E-state index is 11.5. The fraction of sp³-hybridized carbons (Fsp3) is 0.118. The second-order valence-electron chi connectivity index (χ2n) is 4.67. The normalized spacial score (nSPS) is 11.8. The Morgan fingerprint density at radius 1 is 1.05 bits per heavy atom. The van der Waals surface area contributed by atoms with Crippen LogP contribution in [-0.4, -0.2) is 17.7 Å². The van der Waals surface area contributed by atoms with E-state index in [4.69, 9.17) is 27.9 Å². The van der Waals surface area contributed by atoms with Gasteiger partial charge in [-0.3, -0.25) is 0 Å². The second kappa shape index (κ2) is 7.34. The Morgan fingerprint density at radius 3 is 2.18 bits per heavy atom. The number of carbonyl (C=O) groups is 1. The molecular weight excluding hydrogens is 323 g/mol. The van der Waals surface area contributed by atoms with Crippen LogP contribution in [0.4, 0.5) is 0 Å². The summed E-state index contributed by atoms with van der Waals surface area (Å²) in [6.45, 7) is 1.79. The van der Waals surface area contributed by atoms with Crippen LogP contribution in [0.5, 0.6) is 5.75 Å². The highest BCUT2D eigenvalue weighted by molar-refractivity contribution is 6.37. The predicted molar refractivity (Wildman–Crippen MR) is 88.6 cm³/mol. The van der Waals surface area contributed by atoms with Crippen molar-refractivity contribution in [3.8, 4) is 5.75 Å². The van der Waals surface area contributed by atoms with Gasteiger partial charge in [-0.05, 0) is 30.2 Å². The Morgan fingerprint density at radius 2 is 1.64 bits per heavy atom. The number of hydrogen-bond acceptors (Lipinski definition) is 2. The first-order valence-electron chi connectivity index (χ1n) is 6.56. The third-order valence-corrected chi connectivity index (χ3v) is 3.65. The molecule has 22 heavy (non-hydrogen) atoms. The highest BCUT2D eigenvalue weighted by Crippen LogP contribution is 2.33. The van der Waals surface area contributed by atoms with Crippen LogP contribution in [0.15, 0.2) is 54.1 Å². The molecule has 0 unspecified atom stereocenters. The summed E-state index contributed by atoms with van der Waals surface area (Å²) < 4.78 is 5.60. The molecule has 3 nitrogen and oxygen atoms in total. The van der Waals surface area contributed by atoms with Crippen molar-refractivity contribution in [2.24, 2.45) is 0 Å². The zero-order valence-corrected chi connectivity index (χ0v) is 13.4. The van der Waals surface area contributed by atoms with E-state index >= 15 is 0 Å². The third-order valence-electron chi connectivity index (χ3n) is 3.06. The fourth-order valence-corrected chi connectivity index (χ4v) is 2.54. The summed E-state index contributed by atoms with van der Waals surface area (Å²) in [6.07, 6.45) is 0. The molecule has 0 heterocycles. The van der Waals surface area contributed by atoms with E-state index in [1.807, 2.05) is 6.07 Å². The topological polar surface area (TPSA) is 46.5 Å². The van der Waals surface area contributed by atoms with Crippen LogP contribution in [-0.2, 0) is 4.79 Å². The van der Waals surface area contributed by atoms with Gasteiger partial charge in [0.25, 0.3) is 0 Å². The quantitative estimate of drug-likeness (QED) is 0.787. The summed E-state index contributed by atoms with van der Waals surface area (Å²) >= 11 is 12.1. The Kier molecular flexibility index (Phi) is 5.47. The number of benzene rings is 2. The van der Waals surface area contributed by atoms with Crippen molar-refractivity contribution in [3.63, 3.8) is 0 Å². The van der Waals surface area contributed by atoms with Gasteiger partial charge in [-0.2, -0.15) is 0 Å². The molecule has 2 aromatic rings. The number of para-hydroxylation sites is 1. The Labute approximate surface area is 138 Å². The lowest BCUT2D eigenvalue weighted by Crippen LogP contribution is -2.08. The average molecular weight is 337 g/mol. The van der Waals surface area contributed by atoms with Crippen LogP contribution < -0.4 is 4.74 Å². The molecule has 0 bridgehead atoms. The average Bonchev–Trinajstić information content (AvgIpc) is 2.47. The van der Waals surface area contributed by atoms with Crippen LogP contribution in [0.25, 0.3) is 5.57 Å². The van der Waals surface area contributed by atoms with Gasteiger partial charge < -0.3 is 9.84 Å². The monoisotopic (exact) mass is 336 g/mol. The summed E-state index contributed by atoms with van der Waals surface area (Å²) in [5.41, 5.74) is 1.42. The van der Waals surface area contributed by atoms with E-state index in [-0.39, 0.29) is 12.2 Å². The Balaban J connectivity index is 2.28. The van der Waals surface area contributed by atoms with Crippen molar-refractivity contribution >= 4 is 34.7 Å². The summed E-state index contributed by atoms with van der Waals surface area (Å²) in [4.78, 5) is 11.5. The smallest absolute Gasteiger partial charge is 0.336 e. The van der Waals surface area contributed by atoms with E-state index in [9.17, 15) is 9.90 Å². The molecule has 1 N–H and O–H groups in total.